The molecule has 0 aliphatic heterocycles. The lowest BCUT2D eigenvalue weighted by molar-refractivity contribution is -0.0499. The molecule has 0 saturated heterocycles. The molecule has 0 radical (unpaired) electrons. The van der Waals surface area contributed by atoms with Crippen molar-refractivity contribution in [1.82, 2.24) is 5.32 Å². The van der Waals surface area contributed by atoms with E-state index in [1.807, 2.05) is 25.1 Å². The third-order valence-corrected chi connectivity index (χ3v) is 3.17. The van der Waals surface area contributed by atoms with Crippen LogP contribution in [0.2, 0.25) is 0 Å². The van der Waals surface area contributed by atoms with Crippen molar-refractivity contribution in [2.45, 2.75) is 26.1 Å². The number of hydrogen-bond acceptors (Lipinski definition) is 3. The van der Waals surface area contributed by atoms with Gasteiger partial charge in [0, 0.05) is 18.2 Å². The van der Waals surface area contributed by atoms with Gasteiger partial charge in [-0.3, -0.25) is 0 Å². The van der Waals surface area contributed by atoms with Gasteiger partial charge in [-0.25, -0.2) is 0 Å². The van der Waals surface area contributed by atoms with Crippen molar-refractivity contribution in [3.63, 3.8) is 0 Å². The molecule has 0 aromatic heterocycles. The summed E-state index contributed by atoms with van der Waals surface area (Å²) < 4.78 is 28.8. The summed E-state index contributed by atoms with van der Waals surface area (Å²) in [6.45, 7) is -0.431. The zero-order valence-corrected chi connectivity index (χ0v) is 11.6. The fraction of sp³-hybridized carbons (Fsp3) is 0.250. The van der Waals surface area contributed by atoms with Gasteiger partial charge in [0.15, 0.2) is 0 Å². The summed E-state index contributed by atoms with van der Waals surface area (Å²) in [5, 5.41) is 12.9. The highest BCUT2D eigenvalue weighted by molar-refractivity contribution is 5.33. The molecule has 2 rings (SSSR count). The number of phenolic OH excluding ortho intramolecular Hbond substituents is 1. The minimum Gasteiger partial charge on any atom is -0.508 e. The van der Waals surface area contributed by atoms with Gasteiger partial charge >= 0.3 is 6.61 Å². The van der Waals surface area contributed by atoms with Crippen molar-refractivity contribution in [2.75, 3.05) is 0 Å². The van der Waals surface area contributed by atoms with Gasteiger partial charge < -0.3 is 15.2 Å². The van der Waals surface area contributed by atoms with Crippen LogP contribution in [0.5, 0.6) is 11.5 Å². The summed E-state index contributed by atoms with van der Waals surface area (Å²) in [6, 6.07) is 13.6. The first-order valence-corrected chi connectivity index (χ1v) is 6.61. The van der Waals surface area contributed by atoms with E-state index >= 15 is 0 Å². The highest BCUT2D eigenvalue weighted by atomic mass is 19.3. The molecule has 2 N–H and O–H groups in total. The van der Waals surface area contributed by atoms with Gasteiger partial charge in [0.2, 0.25) is 0 Å². The van der Waals surface area contributed by atoms with E-state index in [1.54, 1.807) is 24.3 Å². The van der Waals surface area contributed by atoms with Crippen molar-refractivity contribution < 1.29 is 18.6 Å². The maximum atomic E-state index is 12.2. The normalized spacial score (nSPS) is 12.4. The molecule has 5 heteroatoms. The first kappa shape index (κ1) is 15.3. The van der Waals surface area contributed by atoms with E-state index in [2.05, 4.69) is 10.1 Å². The largest absolute Gasteiger partial charge is 0.508 e. The third kappa shape index (κ3) is 4.43. The standard InChI is InChI=1S/C16H17F2NO2/c1-11(19-10-13-5-2-3-8-15(13)20)12-6-4-7-14(9-12)21-16(17)18/h2-9,11,16,19-20H,10H2,1H3. The number of para-hydroxylation sites is 1. The number of ether oxygens (including phenoxy) is 1. The molecule has 21 heavy (non-hydrogen) atoms. The van der Waals surface area contributed by atoms with Gasteiger partial charge in [-0.1, -0.05) is 30.3 Å². The molecule has 112 valence electrons. The van der Waals surface area contributed by atoms with Crippen LogP contribution in [0.25, 0.3) is 0 Å². The highest BCUT2D eigenvalue weighted by Crippen LogP contribution is 2.22. The molecule has 0 saturated carbocycles. The molecule has 1 unspecified atom stereocenters. The lowest BCUT2D eigenvalue weighted by Gasteiger charge is -2.16. The van der Waals surface area contributed by atoms with Crippen LogP contribution in [-0.4, -0.2) is 11.7 Å². The van der Waals surface area contributed by atoms with Gasteiger partial charge in [0.05, 0.1) is 0 Å². The Kier molecular flexibility index (Phi) is 5.11. The molecule has 0 heterocycles. The Balaban J connectivity index is 2.00. The zero-order valence-electron chi connectivity index (χ0n) is 11.6. The van der Waals surface area contributed by atoms with Crippen LogP contribution in [0.1, 0.15) is 24.1 Å². The molecule has 0 spiro atoms. The molecule has 1 atom stereocenters. The van der Waals surface area contributed by atoms with Gasteiger partial charge in [0.1, 0.15) is 11.5 Å². The molecule has 0 aliphatic carbocycles. The lowest BCUT2D eigenvalue weighted by Crippen LogP contribution is -2.18. The number of halogens is 2. The highest BCUT2D eigenvalue weighted by Gasteiger charge is 2.09. The SMILES string of the molecule is CC(NCc1ccccc1O)c1cccc(OC(F)F)c1. The zero-order chi connectivity index (χ0) is 15.2. The summed E-state index contributed by atoms with van der Waals surface area (Å²) in [5.74, 6) is 0.366. The number of benzene rings is 2. The molecule has 0 amide bonds. The van der Waals surface area contributed by atoms with E-state index in [4.69, 9.17) is 0 Å². The molecular weight excluding hydrogens is 276 g/mol. The fourth-order valence-corrected chi connectivity index (χ4v) is 2.00. The summed E-state index contributed by atoms with van der Waals surface area (Å²) in [6.07, 6.45) is 0. The summed E-state index contributed by atoms with van der Waals surface area (Å²) in [5.41, 5.74) is 1.62. The number of rotatable bonds is 6. The molecule has 3 nitrogen and oxygen atoms in total. The average Bonchev–Trinajstić information content (AvgIpc) is 2.45. The Hall–Kier alpha value is -2.14. The smallest absolute Gasteiger partial charge is 0.387 e. The number of aromatic hydroxyl groups is 1. The summed E-state index contributed by atoms with van der Waals surface area (Å²) in [7, 11) is 0. The summed E-state index contributed by atoms with van der Waals surface area (Å²) in [4.78, 5) is 0. The minimum absolute atomic E-state index is 0.0640. The molecule has 0 aliphatic rings. The van der Waals surface area contributed by atoms with Crippen LogP contribution in [0.15, 0.2) is 48.5 Å². The number of alkyl halides is 2. The fourth-order valence-electron chi connectivity index (χ4n) is 2.00. The maximum absolute atomic E-state index is 12.2. The Morgan fingerprint density at radius 3 is 2.62 bits per heavy atom. The first-order valence-electron chi connectivity index (χ1n) is 6.61. The van der Waals surface area contributed by atoms with Crippen molar-refractivity contribution >= 4 is 0 Å². The van der Waals surface area contributed by atoms with Crippen LogP contribution in [0.3, 0.4) is 0 Å². The Labute approximate surface area is 122 Å². The van der Waals surface area contributed by atoms with E-state index in [-0.39, 0.29) is 17.5 Å². The molecule has 0 bridgehead atoms. The van der Waals surface area contributed by atoms with Crippen molar-refractivity contribution in [1.29, 1.82) is 0 Å². The quantitative estimate of drug-likeness (QED) is 0.850. The van der Waals surface area contributed by atoms with Crippen LogP contribution in [0.4, 0.5) is 8.78 Å². The van der Waals surface area contributed by atoms with E-state index in [9.17, 15) is 13.9 Å². The van der Waals surface area contributed by atoms with Gasteiger partial charge in [0.25, 0.3) is 0 Å². The number of hydrogen-bond donors (Lipinski definition) is 2. The second-order valence-corrected chi connectivity index (χ2v) is 4.68. The monoisotopic (exact) mass is 293 g/mol. The van der Waals surface area contributed by atoms with Crippen LogP contribution in [0, 0.1) is 0 Å². The molecule has 0 fully saturated rings. The van der Waals surface area contributed by atoms with Crippen LogP contribution >= 0.6 is 0 Å². The number of nitrogens with one attached hydrogen (secondary N) is 1. The first-order chi connectivity index (χ1) is 10.1. The molecule has 2 aromatic rings. The maximum Gasteiger partial charge on any atom is 0.387 e. The Morgan fingerprint density at radius 2 is 1.90 bits per heavy atom. The molecule has 2 aromatic carbocycles. The minimum atomic E-state index is -2.83. The summed E-state index contributed by atoms with van der Waals surface area (Å²) >= 11 is 0. The van der Waals surface area contributed by atoms with Crippen molar-refractivity contribution in [3.8, 4) is 11.5 Å². The Morgan fingerprint density at radius 1 is 1.14 bits per heavy atom. The van der Waals surface area contributed by atoms with Gasteiger partial charge in [-0.15, -0.1) is 0 Å². The second kappa shape index (κ2) is 7.04. The number of phenols is 1. The van der Waals surface area contributed by atoms with E-state index < -0.39 is 6.61 Å². The van der Waals surface area contributed by atoms with Crippen molar-refractivity contribution in [3.05, 3.63) is 59.7 Å². The van der Waals surface area contributed by atoms with Crippen LogP contribution < -0.4 is 10.1 Å². The predicted octanol–water partition coefficient (Wildman–Crippen LogP) is 3.84. The van der Waals surface area contributed by atoms with Crippen molar-refractivity contribution in [2.24, 2.45) is 0 Å². The van der Waals surface area contributed by atoms with E-state index in [0.717, 1.165) is 11.1 Å². The van der Waals surface area contributed by atoms with E-state index in [0.29, 0.717) is 6.54 Å². The molecular formula is C16H17F2NO2. The Bertz CT molecular complexity index is 590. The average molecular weight is 293 g/mol. The van der Waals surface area contributed by atoms with Crippen LogP contribution in [-0.2, 0) is 6.54 Å². The topological polar surface area (TPSA) is 41.5 Å². The van der Waals surface area contributed by atoms with Gasteiger partial charge in [-0.2, -0.15) is 8.78 Å². The lowest BCUT2D eigenvalue weighted by atomic mass is 10.1. The van der Waals surface area contributed by atoms with E-state index in [1.165, 1.54) is 6.07 Å². The third-order valence-electron chi connectivity index (χ3n) is 3.17. The predicted molar refractivity (Wildman–Crippen MR) is 76.4 cm³/mol. The second-order valence-electron chi connectivity index (χ2n) is 4.68. The van der Waals surface area contributed by atoms with Gasteiger partial charge in [-0.05, 0) is 30.7 Å².